The van der Waals surface area contributed by atoms with Crippen molar-refractivity contribution >= 4 is 21.6 Å². The molecule has 1 aromatic rings. The van der Waals surface area contributed by atoms with E-state index in [9.17, 15) is 5.11 Å². The van der Waals surface area contributed by atoms with Gasteiger partial charge in [-0.05, 0) is 38.5 Å². The van der Waals surface area contributed by atoms with Crippen molar-refractivity contribution in [1.29, 1.82) is 0 Å². The van der Waals surface area contributed by atoms with Crippen molar-refractivity contribution in [2.24, 2.45) is 5.16 Å². The lowest BCUT2D eigenvalue weighted by Crippen LogP contribution is -2.38. The molecule has 0 aromatic heterocycles. The average Bonchev–Trinajstić information content (AvgIpc) is 2.48. The van der Waals surface area contributed by atoms with E-state index in [1.165, 1.54) is 0 Å². The Labute approximate surface area is 103 Å². The lowest BCUT2D eigenvalue weighted by atomic mass is 9.94. The molecule has 2 rings (SSSR count). The van der Waals surface area contributed by atoms with Crippen molar-refractivity contribution in [3.63, 3.8) is 0 Å². The maximum Gasteiger partial charge on any atom is 0.163 e. The van der Waals surface area contributed by atoms with Crippen molar-refractivity contribution < 1.29 is 9.94 Å². The number of aryl methyl sites for hydroxylation is 1. The molecule has 3 nitrogen and oxygen atoms in total. The highest BCUT2D eigenvalue weighted by Gasteiger charge is 2.40. The maximum absolute atomic E-state index is 10.1. The number of benzene rings is 1. The Balaban J connectivity index is 2.36. The minimum atomic E-state index is -0.687. The summed E-state index contributed by atoms with van der Waals surface area (Å²) in [6, 6.07) is 5.85. The normalized spacial score (nSPS) is 22.8. The Hall–Kier alpha value is -0.870. The number of halogens is 1. The molecule has 1 aliphatic heterocycles. The lowest BCUT2D eigenvalue weighted by Gasteiger charge is -2.20. The van der Waals surface area contributed by atoms with Crippen LogP contribution in [0.15, 0.2) is 27.8 Å². The van der Waals surface area contributed by atoms with Crippen LogP contribution in [0.3, 0.4) is 0 Å². The van der Waals surface area contributed by atoms with Gasteiger partial charge in [-0.1, -0.05) is 27.2 Å². The number of nitrogens with zero attached hydrogens (tertiary/aromatic N) is 1. The first-order chi connectivity index (χ1) is 7.42. The molecule has 1 aliphatic rings. The van der Waals surface area contributed by atoms with Crippen molar-refractivity contribution in [2.45, 2.75) is 32.5 Å². The lowest BCUT2D eigenvalue weighted by molar-refractivity contribution is -0.0476. The van der Waals surface area contributed by atoms with Crippen molar-refractivity contribution in [2.75, 3.05) is 0 Å². The molecule has 1 aromatic carbocycles. The van der Waals surface area contributed by atoms with Gasteiger partial charge in [0.25, 0.3) is 0 Å². The van der Waals surface area contributed by atoms with Gasteiger partial charge in [0.15, 0.2) is 5.60 Å². The zero-order valence-corrected chi connectivity index (χ0v) is 11.1. The summed E-state index contributed by atoms with van der Waals surface area (Å²) in [5.74, 6) is 0. The number of oxime groups is 1. The SMILES string of the molecule is Cc1cc(C2=NOC(C)(C)C2O)ccc1Br. The van der Waals surface area contributed by atoms with E-state index < -0.39 is 11.7 Å². The summed E-state index contributed by atoms with van der Waals surface area (Å²) in [5, 5.41) is 14.0. The zero-order valence-electron chi connectivity index (χ0n) is 9.49. The van der Waals surface area contributed by atoms with Crippen LogP contribution in [0.4, 0.5) is 0 Å². The molecule has 0 radical (unpaired) electrons. The van der Waals surface area contributed by atoms with Crippen molar-refractivity contribution in [3.05, 3.63) is 33.8 Å². The molecule has 0 amide bonds. The topological polar surface area (TPSA) is 41.8 Å². The van der Waals surface area contributed by atoms with Gasteiger partial charge in [-0.2, -0.15) is 0 Å². The first-order valence-electron chi connectivity index (χ1n) is 5.12. The highest BCUT2D eigenvalue weighted by atomic mass is 79.9. The summed E-state index contributed by atoms with van der Waals surface area (Å²) in [5.41, 5.74) is 1.97. The van der Waals surface area contributed by atoms with Gasteiger partial charge in [-0.3, -0.25) is 0 Å². The molecule has 1 N–H and O–H groups in total. The van der Waals surface area contributed by atoms with E-state index in [0.29, 0.717) is 5.71 Å². The third-order valence-corrected chi connectivity index (χ3v) is 3.64. The van der Waals surface area contributed by atoms with Crippen LogP contribution in [0.1, 0.15) is 25.0 Å². The van der Waals surface area contributed by atoms with Crippen LogP contribution in [-0.2, 0) is 4.84 Å². The van der Waals surface area contributed by atoms with E-state index in [2.05, 4.69) is 21.1 Å². The summed E-state index contributed by atoms with van der Waals surface area (Å²) in [4.78, 5) is 5.22. The predicted molar refractivity (Wildman–Crippen MR) is 66.6 cm³/mol. The first kappa shape index (κ1) is 11.6. The van der Waals surface area contributed by atoms with E-state index in [4.69, 9.17) is 4.84 Å². The second-order valence-corrected chi connectivity index (χ2v) is 5.39. The fraction of sp³-hybridized carbons (Fsp3) is 0.417. The van der Waals surface area contributed by atoms with Crippen LogP contribution < -0.4 is 0 Å². The van der Waals surface area contributed by atoms with Crippen LogP contribution >= 0.6 is 15.9 Å². The second kappa shape index (κ2) is 3.86. The third-order valence-electron chi connectivity index (χ3n) is 2.75. The smallest absolute Gasteiger partial charge is 0.163 e. The Morgan fingerprint density at radius 3 is 2.62 bits per heavy atom. The standard InChI is InChI=1S/C12H14BrNO2/c1-7-6-8(4-5-9(7)13)10-11(15)12(2,3)16-14-10/h4-6,11,15H,1-3H3. The van der Waals surface area contributed by atoms with Gasteiger partial charge < -0.3 is 9.94 Å². The van der Waals surface area contributed by atoms with Crippen LogP contribution in [0.5, 0.6) is 0 Å². The molecule has 0 fully saturated rings. The molecular weight excluding hydrogens is 270 g/mol. The highest BCUT2D eigenvalue weighted by Crippen LogP contribution is 2.27. The molecule has 1 unspecified atom stereocenters. The minimum absolute atomic E-state index is 0.598. The van der Waals surface area contributed by atoms with Gasteiger partial charge in [-0.25, -0.2) is 0 Å². The summed E-state index contributed by atoms with van der Waals surface area (Å²) >= 11 is 3.44. The Kier molecular flexibility index (Phi) is 2.80. The van der Waals surface area contributed by atoms with Crippen molar-refractivity contribution in [1.82, 2.24) is 0 Å². The largest absolute Gasteiger partial charge is 0.386 e. The molecule has 0 saturated carbocycles. The van der Waals surface area contributed by atoms with Gasteiger partial charge in [0.2, 0.25) is 0 Å². The van der Waals surface area contributed by atoms with Gasteiger partial charge in [0.1, 0.15) is 11.8 Å². The minimum Gasteiger partial charge on any atom is -0.386 e. The molecule has 0 saturated heterocycles. The van der Waals surface area contributed by atoms with Crippen LogP contribution in [-0.4, -0.2) is 22.5 Å². The Morgan fingerprint density at radius 2 is 2.12 bits per heavy atom. The summed E-state index contributed by atoms with van der Waals surface area (Å²) in [7, 11) is 0. The van der Waals surface area contributed by atoms with Gasteiger partial charge >= 0.3 is 0 Å². The monoisotopic (exact) mass is 283 g/mol. The average molecular weight is 284 g/mol. The molecule has 0 spiro atoms. The van der Waals surface area contributed by atoms with E-state index in [-0.39, 0.29) is 0 Å². The van der Waals surface area contributed by atoms with Gasteiger partial charge in [-0.15, -0.1) is 0 Å². The molecule has 86 valence electrons. The van der Waals surface area contributed by atoms with Crippen molar-refractivity contribution in [3.8, 4) is 0 Å². The predicted octanol–water partition coefficient (Wildman–Crippen LogP) is 2.63. The van der Waals surface area contributed by atoms with Crippen LogP contribution in [0, 0.1) is 6.92 Å². The molecule has 0 bridgehead atoms. The fourth-order valence-corrected chi connectivity index (χ4v) is 1.86. The van der Waals surface area contributed by atoms with E-state index >= 15 is 0 Å². The molecule has 1 atom stereocenters. The summed E-state index contributed by atoms with van der Waals surface area (Å²) < 4.78 is 1.05. The molecule has 1 heterocycles. The molecule has 0 aliphatic carbocycles. The quantitative estimate of drug-likeness (QED) is 0.861. The first-order valence-corrected chi connectivity index (χ1v) is 5.92. The number of hydrogen-bond acceptors (Lipinski definition) is 3. The maximum atomic E-state index is 10.1. The molecule has 4 heteroatoms. The number of hydrogen-bond donors (Lipinski definition) is 1. The second-order valence-electron chi connectivity index (χ2n) is 4.54. The Morgan fingerprint density at radius 1 is 1.44 bits per heavy atom. The number of aliphatic hydroxyl groups excluding tert-OH is 1. The third kappa shape index (κ3) is 1.87. The number of rotatable bonds is 1. The molecule has 16 heavy (non-hydrogen) atoms. The van der Waals surface area contributed by atoms with E-state index in [1.807, 2.05) is 39.0 Å². The number of aliphatic hydroxyl groups is 1. The van der Waals surface area contributed by atoms with E-state index in [1.54, 1.807) is 0 Å². The fourth-order valence-electron chi connectivity index (χ4n) is 1.61. The van der Waals surface area contributed by atoms with Crippen LogP contribution in [0.25, 0.3) is 0 Å². The molecular formula is C12H14BrNO2. The zero-order chi connectivity index (χ0) is 11.9. The van der Waals surface area contributed by atoms with Crippen LogP contribution in [0.2, 0.25) is 0 Å². The van der Waals surface area contributed by atoms with Gasteiger partial charge in [0, 0.05) is 10.0 Å². The Bertz CT molecular complexity index is 454. The highest BCUT2D eigenvalue weighted by molar-refractivity contribution is 9.10. The summed E-state index contributed by atoms with van der Waals surface area (Å²) in [6.45, 7) is 5.64. The summed E-state index contributed by atoms with van der Waals surface area (Å²) in [6.07, 6.45) is -0.687. The van der Waals surface area contributed by atoms with E-state index in [0.717, 1.165) is 15.6 Å². The van der Waals surface area contributed by atoms with Gasteiger partial charge in [0.05, 0.1) is 0 Å².